The molecule has 0 aromatic heterocycles. The molecule has 1 saturated heterocycles. The Morgan fingerprint density at radius 2 is 1.93 bits per heavy atom. The first kappa shape index (κ1) is 13.4. The molecule has 0 saturated carbocycles. The van der Waals surface area contributed by atoms with E-state index in [1.165, 1.54) is 0 Å². The summed E-state index contributed by atoms with van der Waals surface area (Å²) in [7, 11) is 1.70. The number of hydrogen-bond donors (Lipinski definition) is 0. The van der Waals surface area contributed by atoms with Gasteiger partial charge in [-0.3, -0.25) is 4.79 Å². The van der Waals surface area contributed by atoms with Crippen molar-refractivity contribution in [3.8, 4) is 0 Å². The van der Waals surface area contributed by atoms with Gasteiger partial charge < -0.3 is 9.64 Å². The summed E-state index contributed by atoms with van der Waals surface area (Å²) in [4.78, 5) is 13.2. The molecule has 0 unspecified atom stereocenters. The summed E-state index contributed by atoms with van der Waals surface area (Å²) in [5.74, 6) is 0.257. The van der Waals surface area contributed by atoms with E-state index < -0.39 is 0 Å². The number of amides is 1. The molecule has 0 atom stereocenters. The largest absolute Gasteiger partial charge is 0.375 e. The Hall–Kier alpha value is -0.570. The number of methoxy groups -OCH3 is 1. The Labute approximate surface area is 87.4 Å². The lowest BCUT2D eigenvalue weighted by atomic mass is 9.96. The average Bonchev–Trinajstić information content (AvgIpc) is 2.16. The first-order valence-electron chi connectivity index (χ1n) is 5.44. The zero-order valence-corrected chi connectivity index (χ0v) is 10.1. The van der Waals surface area contributed by atoms with Crippen LogP contribution in [0.2, 0.25) is 0 Å². The summed E-state index contributed by atoms with van der Waals surface area (Å²) >= 11 is 0. The Morgan fingerprint density at radius 3 is 2.29 bits per heavy atom. The van der Waals surface area contributed by atoms with Crippen LogP contribution in [0, 0.1) is 0 Å². The molecule has 14 heavy (non-hydrogen) atoms. The summed E-state index contributed by atoms with van der Waals surface area (Å²) < 4.78 is 5.24. The summed E-state index contributed by atoms with van der Waals surface area (Å²) in [5.41, 5.74) is -0.0800. The Morgan fingerprint density at radius 1 is 1.43 bits per heavy atom. The predicted molar refractivity (Wildman–Crippen MR) is 58.3 cm³/mol. The molecule has 1 aliphatic rings. The summed E-state index contributed by atoms with van der Waals surface area (Å²) in [6.45, 7) is 9.56. The molecular formula is C11H23NO2. The summed E-state index contributed by atoms with van der Waals surface area (Å²) in [6, 6.07) is 0. The van der Waals surface area contributed by atoms with Crippen LogP contribution >= 0.6 is 0 Å². The molecular weight excluding hydrogens is 178 g/mol. The maximum absolute atomic E-state index is 11.3. The third-order valence-corrected chi connectivity index (χ3v) is 2.36. The van der Waals surface area contributed by atoms with Gasteiger partial charge in [-0.05, 0) is 13.3 Å². The summed E-state index contributed by atoms with van der Waals surface area (Å²) in [6.07, 6.45) is 1.60. The highest BCUT2D eigenvalue weighted by atomic mass is 16.5. The molecule has 1 amide bonds. The predicted octanol–water partition coefficient (Wildman–Crippen LogP) is 2.06. The minimum absolute atomic E-state index is 0.0800. The highest BCUT2D eigenvalue weighted by Gasteiger charge is 2.40. The minimum Gasteiger partial charge on any atom is -0.375 e. The van der Waals surface area contributed by atoms with Crippen LogP contribution in [0.4, 0.5) is 0 Å². The van der Waals surface area contributed by atoms with Gasteiger partial charge in [0.15, 0.2) is 0 Å². The van der Waals surface area contributed by atoms with Gasteiger partial charge in [-0.1, -0.05) is 20.8 Å². The number of carbonyl (C=O) groups is 1. The van der Waals surface area contributed by atoms with E-state index in [1.807, 2.05) is 32.6 Å². The van der Waals surface area contributed by atoms with Gasteiger partial charge in [-0.25, -0.2) is 0 Å². The molecule has 0 aromatic carbocycles. The van der Waals surface area contributed by atoms with Crippen molar-refractivity contribution in [2.75, 3.05) is 20.2 Å². The molecule has 3 heteroatoms. The van der Waals surface area contributed by atoms with Gasteiger partial charge in [-0.2, -0.15) is 0 Å². The van der Waals surface area contributed by atoms with Crippen molar-refractivity contribution in [3.05, 3.63) is 0 Å². The molecule has 0 radical (unpaired) electrons. The second-order valence-electron chi connectivity index (χ2n) is 3.65. The molecule has 0 bridgehead atoms. The highest BCUT2D eigenvalue weighted by Crippen LogP contribution is 2.24. The van der Waals surface area contributed by atoms with Crippen LogP contribution in [0.5, 0.6) is 0 Å². The van der Waals surface area contributed by atoms with Gasteiger partial charge in [0.05, 0.1) is 18.7 Å². The van der Waals surface area contributed by atoms with Gasteiger partial charge in [0.25, 0.3) is 0 Å². The van der Waals surface area contributed by atoms with Gasteiger partial charge in [0.1, 0.15) is 0 Å². The topological polar surface area (TPSA) is 29.5 Å². The molecule has 0 N–H and O–H groups in total. The maximum atomic E-state index is 11.3. The first-order valence-corrected chi connectivity index (χ1v) is 5.44. The average molecular weight is 201 g/mol. The number of carbonyl (C=O) groups excluding carboxylic acids is 1. The molecule has 1 heterocycles. The Kier molecular flexibility index (Phi) is 5.77. The fourth-order valence-corrected chi connectivity index (χ4v) is 1.44. The first-order chi connectivity index (χ1) is 6.61. The second-order valence-corrected chi connectivity index (χ2v) is 3.65. The SMILES string of the molecule is CC.CCCC(=O)N1CC(C)(OC)C1. The monoisotopic (exact) mass is 201 g/mol. The third-order valence-electron chi connectivity index (χ3n) is 2.36. The van der Waals surface area contributed by atoms with Crippen LogP contribution < -0.4 is 0 Å². The Bertz CT molecular complexity index is 174. The number of ether oxygens (including phenoxy) is 1. The number of likely N-dealkylation sites (tertiary alicyclic amines) is 1. The van der Waals surface area contributed by atoms with E-state index in [0.717, 1.165) is 19.5 Å². The minimum atomic E-state index is -0.0800. The van der Waals surface area contributed by atoms with Crippen LogP contribution in [-0.2, 0) is 9.53 Å². The number of nitrogens with zero attached hydrogens (tertiary/aromatic N) is 1. The molecule has 0 aliphatic carbocycles. The molecule has 3 nitrogen and oxygen atoms in total. The fourth-order valence-electron chi connectivity index (χ4n) is 1.44. The van der Waals surface area contributed by atoms with E-state index in [0.29, 0.717) is 6.42 Å². The maximum Gasteiger partial charge on any atom is 0.222 e. The zero-order chi connectivity index (χ0) is 11.2. The van der Waals surface area contributed by atoms with Crippen molar-refractivity contribution in [2.24, 2.45) is 0 Å². The van der Waals surface area contributed by atoms with Gasteiger partial charge in [0.2, 0.25) is 5.91 Å². The van der Waals surface area contributed by atoms with E-state index >= 15 is 0 Å². The van der Waals surface area contributed by atoms with Crippen molar-refractivity contribution in [1.82, 2.24) is 4.90 Å². The van der Waals surface area contributed by atoms with Crippen LogP contribution in [0.1, 0.15) is 40.5 Å². The van der Waals surface area contributed by atoms with Crippen molar-refractivity contribution >= 4 is 5.91 Å². The van der Waals surface area contributed by atoms with Gasteiger partial charge in [-0.15, -0.1) is 0 Å². The lowest BCUT2D eigenvalue weighted by Crippen LogP contribution is -2.62. The third kappa shape index (κ3) is 3.29. The van der Waals surface area contributed by atoms with E-state index in [-0.39, 0.29) is 11.5 Å². The van der Waals surface area contributed by atoms with E-state index in [9.17, 15) is 4.79 Å². The summed E-state index contributed by atoms with van der Waals surface area (Å²) in [5, 5.41) is 0. The number of rotatable bonds is 3. The normalized spacial score (nSPS) is 17.9. The smallest absolute Gasteiger partial charge is 0.222 e. The molecule has 84 valence electrons. The van der Waals surface area contributed by atoms with E-state index in [1.54, 1.807) is 7.11 Å². The lowest BCUT2D eigenvalue weighted by molar-refractivity contribution is -0.157. The van der Waals surface area contributed by atoms with Gasteiger partial charge in [0, 0.05) is 13.5 Å². The van der Waals surface area contributed by atoms with Crippen LogP contribution in [0.3, 0.4) is 0 Å². The number of hydrogen-bond acceptors (Lipinski definition) is 2. The molecule has 0 aromatic rings. The van der Waals surface area contributed by atoms with E-state index in [4.69, 9.17) is 4.74 Å². The zero-order valence-electron chi connectivity index (χ0n) is 10.1. The van der Waals surface area contributed by atoms with Crippen molar-refractivity contribution < 1.29 is 9.53 Å². The molecule has 1 rings (SSSR count). The lowest BCUT2D eigenvalue weighted by Gasteiger charge is -2.46. The molecule has 1 aliphatic heterocycles. The van der Waals surface area contributed by atoms with Crippen LogP contribution in [-0.4, -0.2) is 36.6 Å². The molecule has 0 spiro atoms. The van der Waals surface area contributed by atoms with Crippen LogP contribution in [0.15, 0.2) is 0 Å². The van der Waals surface area contributed by atoms with Crippen LogP contribution in [0.25, 0.3) is 0 Å². The van der Waals surface area contributed by atoms with E-state index in [2.05, 4.69) is 0 Å². The second kappa shape index (κ2) is 6.02. The van der Waals surface area contributed by atoms with Gasteiger partial charge >= 0.3 is 0 Å². The standard InChI is InChI=1S/C9H17NO2.C2H6/c1-4-5-8(11)10-6-9(2,7-10)12-3;1-2/h4-7H2,1-3H3;1-2H3. The van der Waals surface area contributed by atoms with Crippen molar-refractivity contribution in [2.45, 2.75) is 46.1 Å². The van der Waals surface area contributed by atoms with Crippen molar-refractivity contribution in [3.63, 3.8) is 0 Å². The van der Waals surface area contributed by atoms with Crippen molar-refractivity contribution in [1.29, 1.82) is 0 Å². The quantitative estimate of drug-likeness (QED) is 0.699. The Balaban J connectivity index is 0.000000791. The highest BCUT2D eigenvalue weighted by molar-refractivity contribution is 5.77. The molecule has 1 fully saturated rings. The fraction of sp³-hybridized carbons (Fsp3) is 0.909.